The smallest absolute Gasteiger partial charge is 0.233 e. The van der Waals surface area contributed by atoms with Gasteiger partial charge in [0.05, 0.1) is 31.7 Å². The minimum Gasteiger partial charge on any atom is -0.497 e. The van der Waals surface area contributed by atoms with E-state index in [-0.39, 0.29) is 24.4 Å². The Morgan fingerprint density at radius 1 is 1.06 bits per heavy atom. The standard InChI is InChI=1S/C26H26N4O3/c1-33-22-13-9-20(10-14-22)25-23(15-16-24(31)19-5-3-2-4-6-19)26(32)30(25)21-11-7-18(8-12-21)17-28-29-27/h2-14,23-25,31H,15-17H2,1H3. The Labute approximate surface area is 192 Å². The number of β-lactam (4-membered cyclic amide) rings is 1. The van der Waals surface area contributed by atoms with E-state index in [1.165, 1.54) is 0 Å². The highest BCUT2D eigenvalue weighted by Crippen LogP contribution is 2.46. The van der Waals surface area contributed by atoms with Crippen molar-refractivity contribution in [2.24, 2.45) is 11.0 Å². The summed E-state index contributed by atoms with van der Waals surface area (Å²) in [7, 11) is 1.62. The molecule has 0 aliphatic carbocycles. The Balaban J connectivity index is 1.55. The zero-order valence-electron chi connectivity index (χ0n) is 18.4. The lowest BCUT2D eigenvalue weighted by atomic mass is 9.78. The quantitative estimate of drug-likeness (QED) is 0.198. The van der Waals surface area contributed by atoms with Crippen molar-refractivity contribution >= 4 is 11.6 Å². The topological polar surface area (TPSA) is 98.5 Å². The SMILES string of the molecule is COc1ccc(C2C(CCC(O)c3ccccc3)C(=O)N2c2ccc(CN=[N+]=[N-])cc2)cc1. The highest BCUT2D eigenvalue weighted by atomic mass is 16.5. The first kappa shape index (κ1) is 22.4. The van der Waals surface area contributed by atoms with Crippen molar-refractivity contribution in [2.75, 3.05) is 12.0 Å². The molecule has 1 fully saturated rings. The van der Waals surface area contributed by atoms with Crippen LogP contribution in [0.3, 0.4) is 0 Å². The highest BCUT2D eigenvalue weighted by molar-refractivity contribution is 6.03. The number of carbonyl (C=O) groups is 1. The predicted molar refractivity (Wildman–Crippen MR) is 127 cm³/mol. The van der Waals surface area contributed by atoms with Gasteiger partial charge in [-0.3, -0.25) is 4.79 Å². The van der Waals surface area contributed by atoms with Crippen molar-refractivity contribution in [3.8, 4) is 5.75 Å². The number of hydrogen-bond acceptors (Lipinski definition) is 4. The molecule has 168 valence electrons. The number of hydrogen-bond donors (Lipinski definition) is 1. The molecule has 1 aliphatic rings. The second-order valence-corrected chi connectivity index (χ2v) is 8.09. The largest absolute Gasteiger partial charge is 0.497 e. The van der Waals surface area contributed by atoms with Gasteiger partial charge in [-0.2, -0.15) is 0 Å². The Kier molecular flexibility index (Phi) is 6.93. The second kappa shape index (κ2) is 10.2. The molecule has 3 aromatic carbocycles. The van der Waals surface area contributed by atoms with Gasteiger partial charge >= 0.3 is 0 Å². The molecule has 1 saturated heterocycles. The first-order valence-corrected chi connectivity index (χ1v) is 10.9. The van der Waals surface area contributed by atoms with Gasteiger partial charge in [0, 0.05) is 10.6 Å². The van der Waals surface area contributed by atoms with Gasteiger partial charge in [-0.05, 0) is 59.3 Å². The molecule has 1 heterocycles. The second-order valence-electron chi connectivity index (χ2n) is 8.09. The lowest BCUT2D eigenvalue weighted by Gasteiger charge is -2.48. The molecule has 1 amide bonds. The number of azide groups is 1. The van der Waals surface area contributed by atoms with Crippen molar-refractivity contribution in [2.45, 2.75) is 31.5 Å². The molecule has 7 nitrogen and oxygen atoms in total. The van der Waals surface area contributed by atoms with Crippen molar-refractivity contribution in [1.29, 1.82) is 0 Å². The zero-order chi connectivity index (χ0) is 23.2. The Hall–Kier alpha value is -3.80. The van der Waals surface area contributed by atoms with Crippen molar-refractivity contribution < 1.29 is 14.6 Å². The number of aliphatic hydroxyl groups is 1. The average molecular weight is 443 g/mol. The van der Waals surface area contributed by atoms with Crippen LogP contribution in [0.15, 0.2) is 84.0 Å². The molecule has 0 radical (unpaired) electrons. The fourth-order valence-electron chi connectivity index (χ4n) is 4.35. The van der Waals surface area contributed by atoms with Crippen LogP contribution in [0.25, 0.3) is 10.4 Å². The molecule has 1 N–H and O–H groups in total. The summed E-state index contributed by atoms with van der Waals surface area (Å²) in [4.78, 5) is 17.8. The fourth-order valence-corrected chi connectivity index (χ4v) is 4.35. The number of methoxy groups -OCH3 is 1. The summed E-state index contributed by atoms with van der Waals surface area (Å²) in [6.07, 6.45) is 0.479. The van der Waals surface area contributed by atoms with E-state index in [0.717, 1.165) is 28.1 Å². The van der Waals surface area contributed by atoms with Gasteiger partial charge in [0.15, 0.2) is 0 Å². The van der Waals surface area contributed by atoms with Gasteiger partial charge in [-0.1, -0.05) is 59.7 Å². The van der Waals surface area contributed by atoms with Crippen LogP contribution in [0, 0.1) is 5.92 Å². The first-order chi connectivity index (χ1) is 16.1. The minimum absolute atomic E-state index is 0.0406. The van der Waals surface area contributed by atoms with E-state index in [1.54, 1.807) is 12.0 Å². The third kappa shape index (κ3) is 4.85. The van der Waals surface area contributed by atoms with Gasteiger partial charge in [0.1, 0.15) is 5.75 Å². The molecule has 0 saturated carbocycles. The fraction of sp³-hybridized carbons (Fsp3) is 0.269. The van der Waals surface area contributed by atoms with Crippen LogP contribution < -0.4 is 9.64 Å². The van der Waals surface area contributed by atoms with Gasteiger partial charge in [0.25, 0.3) is 0 Å². The summed E-state index contributed by atoms with van der Waals surface area (Å²) in [5.41, 5.74) is 12.1. The predicted octanol–water partition coefficient (Wildman–Crippen LogP) is 5.72. The van der Waals surface area contributed by atoms with E-state index in [9.17, 15) is 9.90 Å². The van der Waals surface area contributed by atoms with Crippen LogP contribution in [0.5, 0.6) is 5.75 Å². The summed E-state index contributed by atoms with van der Waals surface area (Å²) in [6, 6.07) is 24.7. The van der Waals surface area contributed by atoms with E-state index in [2.05, 4.69) is 10.0 Å². The Morgan fingerprint density at radius 2 is 1.76 bits per heavy atom. The van der Waals surface area contributed by atoms with Gasteiger partial charge < -0.3 is 14.7 Å². The maximum atomic E-state index is 13.2. The number of anilines is 1. The van der Waals surface area contributed by atoms with Crippen LogP contribution in [0.2, 0.25) is 0 Å². The molecule has 3 unspecified atom stereocenters. The summed E-state index contributed by atoms with van der Waals surface area (Å²) in [6.45, 7) is 0.270. The molecular weight excluding hydrogens is 416 g/mol. The van der Waals surface area contributed by atoms with E-state index in [0.29, 0.717) is 12.8 Å². The minimum atomic E-state index is -0.607. The molecule has 0 bridgehead atoms. The number of aliphatic hydroxyl groups excluding tert-OH is 1. The maximum Gasteiger partial charge on any atom is 0.233 e. The summed E-state index contributed by atoms with van der Waals surface area (Å²) in [5.74, 6) is 0.577. The first-order valence-electron chi connectivity index (χ1n) is 10.9. The Morgan fingerprint density at radius 3 is 2.39 bits per heavy atom. The van der Waals surface area contributed by atoms with Gasteiger partial charge in [0.2, 0.25) is 5.91 Å². The molecule has 7 heteroatoms. The molecule has 0 spiro atoms. The summed E-state index contributed by atoms with van der Waals surface area (Å²) in [5, 5.41) is 14.2. The number of benzene rings is 3. The molecule has 4 rings (SSSR count). The molecule has 3 atom stereocenters. The van der Waals surface area contributed by atoms with E-state index >= 15 is 0 Å². The number of amides is 1. The molecule has 0 aromatic heterocycles. The van der Waals surface area contributed by atoms with Crippen molar-refractivity contribution in [3.63, 3.8) is 0 Å². The molecule has 33 heavy (non-hydrogen) atoms. The van der Waals surface area contributed by atoms with Crippen LogP contribution in [0.4, 0.5) is 5.69 Å². The normalized spacial score (nSPS) is 18.2. The Bertz CT molecular complexity index is 1130. The molecule has 3 aromatic rings. The lowest BCUT2D eigenvalue weighted by Crippen LogP contribution is -2.55. The van der Waals surface area contributed by atoms with Gasteiger partial charge in [-0.15, -0.1) is 0 Å². The van der Waals surface area contributed by atoms with E-state index in [1.807, 2.05) is 78.9 Å². The molecular formula is C26H26N4O3. The van der Waals surface area contributed by atoms with Crippen LogP contribution in [0.1, 0.15) is 41.7 Å². The highest BCUT2D eigenvalue weighted by Gasteiger charge is 2.48. The third-order valence-electron chi connectivity index (χ3n) is 6.14. The maximum absolute atomic E-state index is 13.2. The summed E-state index contributed by atoms with van der Waals surface area (Å²) < 4.78 is 5.29. The van der Waals surface area contributed by atoms with Gasteiger partial charge in [-0.25, -0.2) is 0 Å². The molecule has 1 aliphatic heterocycles. The van der Waals surface area contributed by atoms with Crippen molar-refractivity contribution in [1.82, 2.24) is 0 Å². The van der Waals surface area contributed by atoms with Crippen LogP contribution >= 0.6 is 0 Å². The van der Waals surface area contributed by atoms with Crippen LogP contribution in [-0.4, -0.2) is 18.1 Å². The van der Waals surface area contributed by atoms with Crippen molar-refractivity contribution in [3.05, 3.63) is 106 Å². The zero-order valence-corrected chi connectivity index (χ0v) is 18.4. The lowest BCUT2D eigenvalue weighted by molar-refractivity contribution is -0.131. The van der Waals surface area contributed by atoms with E-state index < -0.39 is 6.10 Å². The van der Waals surface area contributed by atoms with E-state index in [4.69, 9.17) is 10.3 Å². The number of ether oxygens (including phenoxy) is 1. The monoisotopic (exact) mass is 442 g/mol. The number of nitrogens with zero attached hydrogens (tertiary/aromatic N) is 4. The summed E-state index contributed by atoms with van der Waals surface area (Å²) >= 11 is 0. The van der Waals surface area contributed by atoms with Crippen LogP contribution in [-0.2, 0) is 11.3 Å². The third-order valence-corrected chi connectivity index (χ3v) is 6.14. The number of carbonyl (C=O) groups excluding carboxylic acids is 1. The number of rotatable bonds is 9. The average Bonchev–Trinajstić information content (AvgIpc) is 2.87.